The molecule has 9 heavy (non-hydrogen) atoms. The fourth-order valence-corrected chi connectivity index (χ4v) is 1.06. The van der Waals surface area contributed by atoms with Gasteiger partial charge in [-0.15, -0.1) is 0 Å². The van der Waals surface area contributed by atoms with Crippen molar-refractivity contribution < 1.29 is 0 Å². The highest BCUT2D eigenvalue weighted by Crippen LogP contribution is 2.01. The molecular weight excluding hydrogens is 132 g/mol. The van der Waals surface area contributed by atoms with E-state index in [1.807, 2.05) is 0 Å². The molecule has 2 nitrogen and oxygen atoms in total. The smallest absolute Gasteiger partial charge is 0.166 e. The van der Waals surface area contributed by atoms with Gasteiger partial charge in [-0.05, 0) is 24.6 Å². The van der Waals surface area contributed by atoms with E-state index in [0.29, 0.717) is 0 Å². The topological polar surface area (TPSA) is 24.1 Å². The third-order valence-electron chi connectivity index (χ3n) is 1.68. The molecule has 0 aromatic carbocycles. The van der Waals surface area contributed by atoms with E-state index in [4.69, 9.17) is 12.2 Å². The molecule has 1 saturated heterocycles. The zero-order valence-electron chi connectivity index (χ0n) is 5.61. The molecule has 0 aromatic rings. The molecule has 1 aliphatic rings. The number of hydrogen-bond donors (Lipinski definition) is 2. The maximum absolute atomic E-state index is 4.88. The van der Waals surface area contributed by atoms with Gasteiger partial charge in [0.25, 0.3) is 0 Å². The molecule has 0 radical (unpaired) electrons. The summed E-state index contributed by atoms with van der Waals surface area (Å²) in [4.78, 5) is 0. The highest BCUT2D eigenvalue weighted by Gasteiger charge is 2.11. The zero-order chi connectivity index (χ0) is 6.69. The second-order valence-corrected chi connectivity index (χ2v) is 2.77. The van der Waals surface area contributed by atoms with Crippen molar-refractivity contribution >= 4 is 17.3 Å². The van der Waals surface area contributed by atoms with Crippen LogP contribution in [-0.2, 0) is 0 Å². The Kier molecular flexibility index (Phi) is 2.28. The van der Waals surface area contributed by atoms with Crippen LogP contribution in [0, 0.1) is 5.92 Å². The average molecular weight is 144 g/mol. The van der Waals surface area contributed by atoms with Crippen LogP contribution in [0.3, 0.4) is 0 Å². The largest absolute Gasteiger partial charge is 0.362 e. The van der Waals surface area contributed by atoms with Crippen LogP contribution >= 0.6 is 12.2 Å². The Morgan fingerprint density at radius 1 is 1.56 bits per heavy atom. The molecule has 1 aliphatic heterocycles. The van der Waals surface area contributed by atoms with Crippen molar-refractivity contribution in [3.8, 4) is 0 Å². The normalized spacial score (nSPS) is 20.8. The van der Waals surface area contributed by atoms with Gasteiger partial charge in [0.15, 0.2) is 5.11 Å². The molecule has 2 N–H and O–H groups in total. The molecule has 1 fully saturated rings. The molecule has 0 aliphatic carbocycles. The number of rotatable bonds is 1. The Hall–Kier alpha value is -0.310. The van der Waals surface area contributed by atoms with Gasteiger partial charge < -0.3 is 10.6 Å². The molecule has 1 rings (SSSR count). The molecule has 0 aromatic heterocycles. The first kappa shape index (κ1) is 6.81. The van der Waals surface area contributed by atoms with E-state index < -0.39 is 0 Å². The van der Waals surface area contributed by atoms with Crippen molar-refractivity contribution in [1.29, 1.82) is 0 Å². The first-order valence-electron chi connectivity index (χ1n) is 3.34. The Labute approximate surface area is 61.0 Å². The summed E-state index contributed by atoms with van der Waals surface area (Å²) in [6.07, 6.45) is 1.22. The van der Waals surface area contributed by atoms with Gasteiger partial charge in [0, 0.05) is 13.1 Å². The van der Waals surface area contributed by atoms with Gasteiger partial charge >= 0.3 is 0 Å². The molecule has 0 unspecified atom stereocenters. The third-order valence-corrected chi connectivity index (χ3v) is 1.97. The summed E-state index contributed by atoms with van der Waals surface area (Å²) < 4.78 is 0. The van der Waals surface area contributed by atoms with Crippen molar-refractivity contribution in [1.82, 2.24) is 10.6 Å². The monoisotopic (exact) mass is 144 g/mol. The van der Waals surface area contributed by atoms with E-state index in [2.05, 4.69) is 17.6 Å². The van der Waals surface area contributed by atoms with Gasteiger partial charge in [-0.1, -0.05) is 6.92 Å². The molecule has 0 amide bonds. The van der Waals surface area contributed by atoms with Gasteiger partial charge in [0.1, 0.15) is 0 Å². The molecule has 3 heteroatoms. The summed E-state index contributed by atoms with van der Waals surface area (Å²) in [6, 6.07) is 0. The Morgan fingerprint density at radius 3 is 2.56 bits per heavy atom. The average Bonchev–Trinajstić information content (AvgIpc) is 1.90. The minimum Gasteiger partial charge on any atom is -0.362 e. The fraction of sp³-hybridized carbons (Fsp3) is 0.833. The molecule has 0 saturated carbocycles. The van der Waals surface area contributed by atoms with Gasteiger partial charge in [0.05, 0.1) is 0 Å². The van der Waals surface area contributed by atoms with E-state index in [0.717, 1.165) is 24.1 Å². The van der Waals surface area contributed by atoms with E-state index in [9.17, 15) is 0 Å². The number of hydrogen-bond acceptors (Lipinski definition) is 1. The van der Waals surface area contributed by atoms with E-state index in [1.165, 1.54) is 6.42 Å². The first-order valence-corrected chi connectivity index (χ1v) is 3.75. The summed E-state index contributed by atoms with van der Waals surface area (Å²) in [6.45, 7) is 4.28. The molecular formula is C6H12N2S. The van der Waals surface area contributed by atoms with E-state index in [1.54, 1.807) is 0 Å². The zero-order valence-corrected chi connectivity index (χ0v) is 6.42. The highest BCUT2D eigenvalue weighted by molar-refractivity contribution is 7.80. The minimum absolute atomic E-state index is 0.761. The van der Waals surface area contributed by atoms with Gasteiger partial charge in [-0.2, -0.15) is 0 Å². The lowest BCUT2D eigenvalue weighted by molar-refractivity contribution is 0.461. The van der Waals surface area contributed by atoms with Crippen LogP contribution < -0.4 is 10.6 Å². The Balaban J connectivity index is 2.26. The van der Waals surface area contributed by atoms with Crippen molar-refractivity contribution in [2.24, 2.45) is 5.92 Å². The van der Waals surface area contributed by atoms with Crippen LogP contribution in [0.1, 0.15) is 13.3 Å². The Bertz CT molecular complexity index is 104. The second-order valence-electron chi connectivity index (χ2n) is 2.37. The summed E-state index contributed by atoms with van der Waals surface area (Å²) in [5.74, 6) is 0.761. The highest BCUT2D eigenvalue weighted by atomic mass is 32.1. The standard InChI is InChI=1S/C6H12N2S/c1-2-5-3-7-6(9)8-4-5/h5H,2-4H2,1H3,(H2,7,8,9). The summed E-state index contributed by atoms with van der Waals surface area (Å²) in [7, 11) is 0. The fourth-order valence-electron chi connectivity index (χ4n) is 0.897. The van der Waals surface area contributed by atoms with Gasteiger partial charge in [0.2, 0.25) is 0 Å². The van der Waals surface area contributed by atoms with Crippen LogP contribution in [0.4, 0.5) is 0 Å². The number of thiocarbonyl (C=S) groups is 1. The van der Waals surface area contributed by atoms with Crippen LogP contribution in [0.15, 0.2) is 0 Å². The minimum atomic E-state index is 0.761. The van der Waals surface area contributed by atoms with Crippen LogP contribution in [-0.4, -0.2) is 18.2 Å². The van der Waals surface area contributed by atoms with Crippen molar-refractivity contribution in [2.75, 3.05) is 13.1 Å². The SMILES string of the molecule is CCC1CNC(=S)NC1. The van der Waals surface area contributed by atoms with E-state index in [-0.39, 0.29) is 0 Å². The predicted octanol–water partition coefficient (Wildman–Crippen LogP) is 0.490. The molecule has 1 heterocycles. The van der Waals surface area contributed by atoms with Crippen molar-refractivity contribution in [2.45, 2.75) is 13.3 Å². The summed E-state index contributed by atoms with van der Waals surface area (Å²) in [5.41, 5.74) is 0. The van der Waals surface area contributed by atoms with E-state index >= 15 is 0 Å². The van der Waals surface area contributed by atoms with Crippen LogP contribution in [0.5, 0.6) is 0 Å². The summed E-state index contributed by atoms with van der Waals surface area (Å²) >= 11 is 4.88. The lowest BCUT2D eigenvalue weighted by atomic mass is 10.1. The van der Waals surface area contributed by atoms with Crippen molar-refractivity contribution in [3.05, 3.63) is 0 Å². The lowest BCUT2D eigenvalue weighted by Gasteiger charge is -2.24. The van der Waals surface area contributed by atoms with Gasteiger partial charge in [-0.3, -0.25) is 0 Å². The second kappa shape index (κ2) is 3.01. The molecule has 52 valence electrons. The maximum atomic E-state index is 4.88. The molecule has 0 spiro atoms. The molecule has 0 atom stereocenters. The first-order chi connectivity index (χ1) is 4.33. The quantitative estimate of drug-likeness (QED) is 0.524. The van der Waals surface area contributed by atoms with Crippen molar-refractivity contribution in [3.63, 3.8) is 0 Å². The van der Waals surface area contributed by atoms with Crippen LogP contribution in [0.25, 0.3) is 0 Å². The maximum Gasteiger partial charge on any atom is 0.166 e. The summed E-state index contributed by atoms with van der Waals surface area (Å²) in [5, 5.41) is 7.01. The van der Waals surface area contributed by atoms with Crippen LogP contribution in [0.2, 0.25) is 0 Å². The third kappa shape index (κ3) is 1.82. The number of nitrogens with one attached hydrogen (secondary N) is 2. The molecule has 0 bridgehead atoms. The van der Waals surface area contributed by atoms with Gasteiger partial charge in [-0.25, -0.2) is 0 Å². The lowest BCUT2D eigenvalue weighted by Crippen LogP contribution is -2.47. The Morgan fingerprint density at radius 2 is 2.11 bits per heavy atom. The predicted molar refractivity (Wildman–Crippen MR) is 42.4 cm³/mol.